The lowest BCUT2D eigenvalue weighted by atomic mass is 10.1. The number of nitrogens with zero attached hydrogens (tertiary/aromatic N) is 1. The zero-order chi connectivity index (χ0) is 21.8. The van der Waals surface area contributed by atoms with Crippen molar-refractivity contribution in [1.29, 1.82) is 0 Å². The molecule has 0 aliphatic rings. The molecule has 1 aromatic heterocycles. The number of ether oxygens (including phenoxy) is 1. The number of hydrogen-bond donors (Lipinski definition) is 2. The standard InChI is InChI=1S/C24H18N2O5/c1-30-23(28)15-10-12-16(13-11-15)25-14-19-21(27)18-8-5-9-20(22(18)31-24(19)29)26-17-6-3-2-4-7-17/h2-14,26-27H,1H3. The molecule has 1 heterocycles. The Morgan fingerprint density at radius 1 is 1.03 bits per heavy atom. The van der Waals surface area contributed by atoms with Gasteiger partial charge >= 0.3 is 11.6 Å². The summed E-state index contributed by atoms with van der Waals surface area (Å²) in [5.41, 5.74) is 1.70. The van der Waals surface area contributed by atoms with Crippen molar-refractivity contribution < 1.29 is 19.1 Å². The van der Waals surface area contributed by atoms with E-state index in [9.17, 15) is 14.7 Å². The first-order valence-corrected chi connectivity index (χ1v) is 9.40. The first kappa shape index (κ1) is 19.9. The van der Waals surface area contributed by atoms with Crippen molar-refractivity contribution in [1.82, 2.24) is 0 Å². The lowest BCUT2D eigenvalue weighted by Gasteiger charge is -2.10. The Balaban J connectivity index is 1.69. The predicted molar refractivity (Wildman–Crippen MR) is 119 cm³/mol. The van der Waals surface area contributed by atoms with Gasteiger partial charge in [-0.2, -0.15) is 0 Å². The van der Waals surface area contributed by atoms with E-state index in [-0.39, 0.29) is 16.9 Å². The van der Waals surface area contributed by atoms with E-state index in [1.165, 1.54) is 13.3 Å². The van der Waals surface area contributed by atoms with Crippen molar-refractivity contribution in [2.24, 2.45) is 4.99 Å². The molecule has 4 rings (SSSR count). The highest BCUT2D eigenvalue weighted by Gasteiger charge is 2.15. The number of benzene rings is 3. The molecule has 0 spiro atoms. The van der Waals surface area contributed by atoms with Crippen molar-refractivity contribution in [2.75, 3.05) is 12.4 Å². The third-order valence-corrected chi connectivity index (χ3v) is 4.62. The molecular formula is C24H18N2O5. The predicted octanol–water partition coefficient (Wildman–Crippen LogP) is 4.78. The number of esters is 1. The zero-order valence-electron chi connectivity index (χ0n) is 16.5. The molecule has 0 aliphatic carbocycles. The molecule has 0 atom stereocenters. The summed E-state index contributed by atoms with van der Waals surface area (Å²) in [5, 5.41) is 14.3. The van der Waals surface area contributed by atoms with Gasteiger partial charge in [0.15, 0.2) is 5.58 Å². The number of rotatable bonds is 5. The summed E-state index contributed by atoms with van der Waals surface area (Å²) in [7, 11) is 1.30. The van der Waals surface area contributed by atoms with Crippen molar-refractivity contribution in [3.05, 3.63) is 94.3 Å². The monoisotopic (exact) mass is 414 g/mol. The number of nitrogens with one attached hydrogen (secondary N) is 1. The second-order valence-electron chi connectivity index (χ2n) is 6.62. The van der Waals surface area contributed by atoms with Gasteiger partial charge in [0.2, 0.25) is 0 Å². The lowest BCUT2D eigenvalue weighted by Crippen LogP contribution is -2.07. The van der Waals surface area contributed by atoms with Gasteiger partial charge in [0, 0.05) is 11.9 Å². The van der Waals surface area contributed by atoms with E-state index in [1.54, 1.807) is 42.5 Å². The minimum Gasteiger partial charge on any atom is -0.506 e. The molecule has 0 aliphatic heterocycles. The number of para-hydroxylation sites is 2. The Hall–Kier alpha value is -4.39. The van der Waals surface area contributed by atoms with Crippen LogP contribution >= 0.6 is 0 Å². The van der Waals surface area contributed by atoms with Crippen molar-refractivity contribution in [2.45, 2.75) is 0 Å². The molecule has 3 aromatic carbocycles. The summed E-state index contributed by atoms with van der Waals surface area (Å²) >= 11 is 0. The zero-order valence-corrected chi connectivity index (χ0v) is 16.5. The first-order valence-electron chi connectivity index (χ1n) is 9.40. The van der Waals surface area contributed by atoms with Gasteiger partial charge in [0.05, 0.1) is 29.4 Å². The van der Waals surface area contributed by atoms with Gasteiger partial charge in [-0.3, -0.25) is 4.99 Å². The molecule has 154 valence electrons. The van der Waals surface area contributed by atoms with Crippen molar-refractivity contribution >= 4 is 40.2 Å². The van der Waals surface area contributed by atoms with Crippen LogP contribution in [0.4, 0.5) is 17.1 Å². The maximum atomic E-state index is 12.6. The summed E-state index contributed by atoms with van der Waals surface area (Å²) in [4.78, 5) is 28.3. The third kappa shape index (κ3) is 4.16. The molecule has 0 saturated carbocycles. The summed E-state index contributed by atoms with van der Waals surface area (Å²) in [6, 6.07) is 20.9. The SMILES string of the molecule is COC(=O)c1ccc(N=Cc2c(O)c3cccc(Nc4ccccc4)c3oc2=O)cc1. The van der Waals surface area contributed by atoms with Gasteiger partial charge in [-0.05, 0) is 48.5 Å². The number of anilines is 2. The van der Waals surface area contributed by atoms with Crippen LogP contribution < -0.4 is 10.9 Å². The first-order chi connectivity index (χ1) is 15.1. The molecular weight excluding hydrogens is 396 g/mol. The Bertz CT molecular complexity index is 1330. The summed E-state index contributed by atoms with van der Waals surface area (Å²) < 4.78 is 10.2. The third-order valence-electron chi connectivity index (χ3n) is 4.62. The number of fused-ring (bicyclic) bond motifs is 1. The summed E-state index contributed by atoms with van der Waals surface area (Å²) in [6.45, 7) is 0. The van der Waals surface area contributed by atoms with E-state index < -0.39 is 11.6 Å². The fourth-order valence-electron chi connectivity index (χ4n) is 3.05. The second kappa shape index (κ2) is 8.54. The number of hydrogen-bond acceptors (Lipinski definition) is 7. The van der Waals surface area contributed by atoms with Crippen LogP contribution in [0.2, 0.25) is 0 Å². The maximum absolute atomic E-state index is 12.6. The smallest absolute Gasteiger partial charge is 0.349 e. The van der Waals surface area contributed by atoms with E-state index in [1.807, 2.05) is 30.3 Å². The number of methoxy groups -OCH3 is 1. The van der Waals surface area contributed by atoms with E-state index >= 15 is 0 Å². The Morgan fingerprint density at radius 2 is 1.77 bits per heavy atom. The van der Waals surface area contributed by atoms with Gasteiger partial charge in [-0.25, -0.2) is 9.59 Å². The van der Waals surface area contributed by atoms with Crippen LogP contribution in [0.15, 0.2) is 87.0 Å². The quantitative estimate of drug-likeness (QED) is 0.277. The average molecular weight is 414 g/mol. The fraction of sp³-hybridized carbons (Fsp3) is 0.0417. The molecule has 0 radical (unpaired) electrons. The van der Waals surface area contributed by atoms with Gasteiger partial charge in [-0.1, -0.05) is 24.3 Å². The highest BCUT2D eigenvalue weighted by molar-refractivity contribution is 5.99. The molecule has 31 heavy (non-hydrogen) atoms. The van der Waals surface area contributed by atoms with E-state index in [2.05, 4.69) is 15.0 Å². The highest BCUT2D eigenvalue weighted by atomic mass is 16.5. The average Bonchev–Trinajstić information content (AvgIpc) is 2.80. The van der Waals surface area contributed by atoms with Crippen LogP contribution in [0.5, 0.6) is 5.75 Å². The van der Waals surface area contributed by atoms with Crippen LogP contribution in [0.3, 0.4) is 0 Å². The van der Waals surface area contributed by atoms with Crippen LogP contribution in [0, 0.1) is 0 Å². The molecule has 4 aromatic rings. The van der Waals surface area contributed by atoms with Crippen LogP contribution in [-0.2, 0) is 4.74 Å². The Morgan fingerprint density at radius 3 is 2.48 bits per heavy atom. The fourth-order valence-corrected chi connectivity index (χ4v) is 3.05. The topological polar surface area (TPSA) is 101 Å². The van der Waals surface area contributed by atoms with Crippen LogP contribution in [0.25, 0.3) is 11.0 Å². The number of aliphatic imine (C=N–C) groups is 1. The summed E-state index contributed by atoms with van der Waals surface area (Å²) in [6.07, 6.45) is 1.24. The van der Waals surface area contributed by atoms with E-state index in [0.29, 0.717) is 22.3 Å². The van der Waals surface area contributed by atoms with Gasteiger partial charge in [0.25, 0.3) is 0 Å². The molecule has 0 unspecified atom stereocenters. The molecule has 7 nitrogen and oxygen atoms in total. The normalized spacial score (nSPS) is 11.0. The summed E-state index contributed by atoms with van der Waals surface area (Å²) in [5.74, 6) is -0.679. The lowest BCUT2D eigenvalue weighted by molar-refractivity contribution is 0.0601. The minimum absolute atomic E-state index is 0.0681. The van der Waals surface area contributed by atoms with Crippen molar-refractivity contribution in [3.63, 3.8) is 0 Å². The number of carbonyl (C=O) groups excluding carboxylic acids is 1. The largest absolute Gasteiger partial charge is 0.506 e. The van der Waals surface area contributed by atoms with E-state index in [4.69, 9.17) is 4.42 Å². The minimum atomic E-state index is -0.720. The van der Waals surface area contributed by atoms with Gasteiger partial charge in [0.1, 0.15) is 11.3 Å². The Labute approximate surface area is 177 Å². The molecule has 0 saturated heterocycles. The maximum Gasteiger partial charge on any atom is 0.349 e. The molecule has 7 heteroatoms. The molecule has 0 amide bonds. The van der Waals surface area contributed by atoms with E-state index in [0.717, 1.165) is 5.69 Å². The van der Waals surface area contributed by atoms with Gasteiger partial charge in [-0.15, -0.1) is 0 Å². The highest BCUT2D eigenvalue weighted by Crippen LogP contribution is 2.32. The molecule has 0 fully saturated rings. The van der Waals surface area contributed by atoms with Gasteiger partial charge < -0.3 is 19.6 Å². The number of aromatic hydroxyl groups is 1. The van der Waals surface area contributed by atoms with Crippen LogP contribution in [-0.4, -0.2) is 24.4 Å². The van der Waals surface area contributed by atoms with Crippen molar-refractivity contribution in [3.8, 4) is 5.75 Å². The Kier molecular flexibility index (Phi) is 5.49. The second-order valence-corrected chi connectivity index (χ2v) is 6.62. The number of carbonyl (C=O) groups is 1. The molecule has 0 bridgehead atoms. The van der Waals surface area contributed by atoms with Crippen LogP contribution in [0.1, 0.15) is 15.9 Å². The molecule has 2 N–H and O–H groups in total.